The van der Waals surface area contributed by atoms with Gasteiger partial charge in [-0.25, -0.2) is 4.39 Å². The molecule has 1 aromatic carbocycles. The fraction of sp³-hybridized carbons (Fsp3) is 0.133. The van der Waals surface area contributed by atoms with Crippen LogP contribution in [0.25, 0.3) is 5.83 Å². The second kappa shape index (κ2) is 6.26. The number of benzene rings is 1. The first-order chi connectivity index (χ1) is 9.86. The van der Waals surface area contributed by atoms with E-state index in [0.29, 0.717) is 10.6 Å². The lowest BCUT2D eigenvalue weighted by atomic mass is 10.1. The molecule has 0 radical (unpaired) electrons. The maximum atomic E-state index is 13.9. The Morgan fingerprint density at radius 3 is 2.43 bits per heavy atom. The summed E-state index contributed by atoms with van der Waals surface area (Å²) in [5, 5.41) is 0.478. The molecule has 110 valence electrons. The first kappa shape index (κ1) is 15.5. The first-order valence-corrected chi connectivity index (χ1v) is 6.38. The average molecular weight is 316 g/mol. The quantitative estimate of drug-likeness (QED) is 0.700. The highest BCUT2D eigenvalue weighted by Crippen LogP contribution is 2.29. The third-order valence-electron chi connectivity index (χ3n) is 2.75. The SMILES string of the molecule is FC(=CCc1cc(C(F)(F)F)ccn1)c1ccc(Cl)cc1. The molecule has 0 aliphatic heterocycles. The molecule has 0 unspecified atom stereocenters. The molecule has 1 aromatic heterocycles. The minimum absolute atomic E-state index is 0.0294. The molecule has 0 bridgehead atoms. The van der Waals surface area contributed by atoms with Gasteiger partial charge in [0, 0.05) is 28.9 Å². The van der Waals surface area contributed by atoms with E-state index < -0.39 is 17.6 Å². The maximum Gasteiger partial charge on any atom is 0.416 e. The van der Waals surface area contributed by atoms with Crippen LogP contribution in [0.5, 0.6) is 0 Å². The normalized spacial score (nSPS) is 12.5. The van der Waals surface area contributed by atoms with Crippen LogP contribution in [0.1, 0.15) is 16.8 Å². The Balaban J connectivity index is 2.15. The standard InChI is InChI=1S/C15H10ClF4N/c16-12-3-1-10(2-4-12)14(17)6-5-13-9-11(7-8-21-13)15(18,19)20/h1-4,6-9H,5H2. The van der Waals surface area contributed by atoms with Crippen molar-refractivity contribution < 1.29 is 17.6 Å². The van der Waals surface area contributed by atoms with Crippen LogP contribution in [0.2, 0.25) is 5.02 Å². The van der Waals surface area contributed by atoms with Crippen molar-refractivity contribution in [3.05, 3.63) is 70.5 Å². The molecule has 21 heavy (non-hydrogen) atoms. The van der Waals surface area contributed by atoms with Crippen molar-refractivity contribution in [2.45, 2.75) is 12.6 Å². The smallest absolute Gasteiger partial charge is 0.261 e. The lowest BCUT2D eigenvalue weighted by Gasteiger charge is -2.07. The molecule has 6 heteroatoms. The van der Waals surface area contributed by atoms with E-state index >= 15 is 0 Å². The number of pyridine rings is 1. The third-order valence-corrected chi connectivity index (χ3v) is 3.01. The van der Waals surface area contributed by atoms with Gasteiger partial charge in [0.15, 0.2) is 0 Å². The fourth-order valence-corrected chi connectivity index (χ4v) is 1.81. The van der Waals surface area contributed by atoms with Gasteiger partial charge < -0.3 is 0 Å². The molecule has 0 aliphatic rings. The van der Waals surface area contributed by atoms with Crippen LogP contribution < -0.4 is 0 Å². The monoisotopic (exact) mass is 315 g/mol. The number of halogens is 5. The highest BCUT2D eigenvalue weighted by molar-refractivity contribution is 6.30. The van der Waals surface area contributed by atoms with Gasteiger partial charge in [-0.15, -0.1) is 0 Å². The highest BCUT2D eigenvalue weighted by atomic mass is 35.5. The third kappa shape index (κ3) is 4.29. The lowest BCUT2D eigenvalue weighted by Crippen LogP contribution is -2.06. The van der Waals surface area contributed by atoms with Gasteiger partial charge in [-0.05, 0) is 30.3 Å². The van der Waals surface area contributed by atoms with Crippen molar-refractivity contribution in [1.82, 2.24) is 4.98 Å². The van der Waals surface area contributed by atoms with E-state index in [1.54, 1.807) is 0 Å². The molecule has 2 aromatic rings. The zero-order valence-corrected chi connectivity index (χ0v) is 11.4. The fourth-order valence-electron chi connectivity index (χ4n) is 1.69. The van der Waals surface area contributed by atoms with Crippen LogP contribution in [0.15, 0.2) is 48.7 Å². The Kier molecular flexibility index (Phi) is 4.63. The van der Waals surface area contributed by atoms with Crippen molar-refractivity contribution in [3.63, 3.8) is 0 Å². The van der Waals surface area contributed by atoms with Crippen molar-refractivity contribution >= 4 is 17.4 Å². The molecule has 1 heterocycles. The molecular formula is C15H10ClF4N. The summed E-state index contributed by atoms with van der Waals surface area (Å²) in [6, 6.07) is 7.84. The molecule has 0 N–H and O–H groups in total. The second-order valence-electron chi connectivity index (χ2n) is 4.30. The Morgan fingerprint density at radius 1 is 1.14 bits per heavy atom. The minimum Gasteiger partial charge on any atom is -0.261 e. The van der Waals surface area contributed by atoms with Crippen LogP contribution in [-0.2, 0) is 12.6 Å². The molecule has 0 fully saturated rings. The highest BCUT2D eigenvalue weighted by Gasteiger charge is 2.30. The minimum atomic E-state index is -4.43. The second-order valence-corrected chi connectivity index (χ2v) is 4.73. The Bertz CT molecular complexity index is 647. The number of rotatable bonds is 3. The van der Waals surface area contributed by atoms with E-state index in [4.69, 9.17) is 11.6 Å². The molecule has 0 atom stereocenters. The molecule has 0 saturated carbocycles. The van der Waals surface area contributed by atoms with Gasteiger partial charge in [0.2, 0.25) is 0 Å². The van der Waals surface area contributed by atoms with E-state index in [1.807, 2.05) is 0 Å². The predicted molar refractivity (Wildman–Crippen MR) is 73.5 cm³/mol. The number of allylic oxidation sites excluding steroid dienone is 1. The zero-order chi connectivity index (χ0) is 15.5. The van der Waals surface area contributed by atoms with Gasteiger partial charge in [0.1, 0.15) is 5.83 Å². The van der Waals surface area contributed by atoms with Gasteiger partial charge >= 0.3 is 6.18 Å². The number of aromatic nitrogens is 1. The van der Waals surface area contributed by atoms with Crippen molar-refractivity contribution in [2.24, 2.45) is 0 Å². The number of alkyl halides is 3. The summed E-state index contributed by atoms with van der Waals surface area (Å²) in [7, 11) is 0. The van der Waals surface area contributed by atoms with Crippen LogP contribution in [0, 0.1) is 0 Å². The van der Waals surface area contributed by atoms with Crippen LogP contribution in [-0.4, -0.2) is 4.98 Å². The first-order valence-electron chi connectivity index (χ1n) is 6.00. The van der Waals surface area contributed by atoms with E-state index in [1.165, 1.54) is 30.3 Å². The lowest BCUT2D eigenvalue weighted by molar-refractivity contribution is -0.137. The summed E-state index contributed by atoms with van der Waals surface area (Å²) < 4.78 is 51.5. The molecule has 0 aliphatic carbocycles. The molecule has 0 saturated heterocycles. The zero-order valence-electron chi connectivity index (χ0n) is 10.7. The van der Waals surface area contributed by atoms with Crippen molar-refractivity contribution in [1.29, 1.82) is 0 Å². The predicted octanol–water partition coefficient (Wildman–Crippen LogP) is 5.31. The van der Waals surface area contributed by atoms with Gasteiger partial charge in [0.25, 0.3) is 0 Å². The van der Waals surface area contributed by atoms with Gasteiger partial charge in [-0.3, -0.25) is 4.98 Å². The van der Waals surface area contributed by atoms with Crippen LogP contribution in [0.3, 0.4) is 0 Å². The number of nitrogens with zero attached hydrogens (tertiary/aromatic N) is 1. The number of hydrogen-bond donors (Lipinski definition) is 0. The topological polar surface area (TPSA) is 12.9 Å². The number of hydrogen-bond acceptors (Lipinski definition) is 1. The van der Waals surface area contributed by atoms with Crippen LogP contribution >= 0.6 is 11.6 Å². The summed E-state index contributed by atoms with van der Waals surface area (Å²) in [5.41, 5.74) is -0.340. The molecule has 0 spiro atoms. The van der Waals surface area contributed by atoms with E-state index in [-0.39, 0.29) is 12.1 Å². The van der Waals surface area contributed by atoms with Gasteiger partial charge in [0.05, 0.1) is 5.56 Å². The Morgan fingerprint density at radius 2 is 1.81 bits per heavy atom. The van der Waals surface area contributed by atoms with Crippen molar-refractivity contribution in [2.75, 3.05) is 0 Å². The average Bonchev–Trinajstić information content (AvgIpc) is 2.45. The Hall–Kier alpha value is -1.88. The summed E-state index contributed by atoms with van der Waals surface area (Å²) in [6.45, 7) is 0. The van der Waals surface area contributed by atoms with Gasteiger partial charge in [-0.2, -0.15) is 13.2 Å². The summed E-state index contributed by atoms with van der Waals surface area (Å²) in [6.07, 6.45) is -2.22. The maximum absolute atomic E-state index is 13.9. The van der Waals surface area contributed by atoms with E-state index in [2.05, 4.69) is 4.98 Å². The summed E-state index contributed by atoms with van der Waals surface area (Å²) in [4.78, 5) is 3.80. The molecule has 2 rings (SSSR count). The summed E-state index contributed by atoms with van der Waals surface area (Å²) in [5.74, 6) is -0.536. The van der Waals surface area contributed by atoms with E-state index in [0.717, 1.165) is 18.3 Å². The Labute approximate surface area is 123 Å². The molecular weight excluding hydrogens is 306 g/mol. The van der Waals surface area contributed by atoms with E-state index in [9.17, 15) is 17.6 Å². The van der Waals surface area contributed by atoms with Crippen molar-refractivity contribution in [3.8, 4) is 0 Å². The van der Waals surface area contributed by atoms with Crippen LogP contribution in [0.4, 0.5) is 17.6 Å². The van der Waals surface area contributed by atoms with Gasteiger partial charge in [-0.1, -0.05) is 23.7 Å². The molecule has 1 nitrogen and oxygen atoms in total. The summed E-state index contributed by atoms with van der Waals surface area (Å²) >= 11 is 5.69. The molecule has 0 amide bonds. The largest absolute Gasteiger partial charge is 0.416 e.